The molecule has 0 aliphatic carbocycles. The molecule has 2 rings (SSSR count). The van der Waals surface area contributed by atoms with Crippen molar-refractivity contribution >= 4 is 17.2 Å². The standard InChI is InChI=1S/C15H19NO2.CH5N/c1-4-5-11(2)16-7-6-12-8-13(10-17)15(18-3)9-14(12)16;1-2/h6-11H,4-5H2,1-3H3;2H2,1H3. The number of nitrogens with two attached hydrogens (primary N) is 1. The van der Waals surface area contributed by atoms with E-state index in [4.69, 9.17) is 4.74 Å². The van der Waals surface area contributed by atoms with E-state index in [2.05, 4.69) is 30.3 Å². The van der Waals surface area contributed by atoms with Crippen molar-refractivity contribution in [2.45, 2.75) is 32.7 Å². The van der Waals surface area contributed by atoms with E-state index in [1.807, 2.05) is 18.2 Å². The van der Waals surface area contributed by atoms with Gasteiger partial charge in [0.2, 0.25) is 0 Å². The molecule has 0 amide bonds. The number of benzene rings is 1. The summed E-state index contributed by atoms with van der Waals surface area (Å²) in [4.78, 5) is 11.0. The number of nitrogens with zero attached hydrogens (tertiary/aromatic N) is 1. The third-order valence-electron chi connectivity index (χ3n) is 3.38. The summed E-state index contributed by atoms with van der Waals surface area (Å²) in [7, 11) is 3.09. The minimum atomic E-state index is 0.458. The Morgan fingerprint density at radius 3 is 2.65 bits per heavy atom. The van der Waals surface area contributed by atoms with Crippen LogP contribution in [0.2, 0.25) is 0 Å². The molecule has 1 aromatic heterocycles. The van der Waals surface area contributed by atoms with Gasteiger partial charge < -0.3 is 15.0 Å². The van der Waals surface area contributed by atoms with Crippen molar-refractivity contribution in [3.05, 3.63) is 30.0 Å². The van der Waals surface area contributed by atoms with Crippen LogP contribution < -0.4 is 10.5 Å². The van der Waals surface area contributed by atoms with Crippen molar-refractivity contribution in [1.29, 1.82) is 0 Å². The summed E-state index contributed by atoms with van der Waals surface area (Å²) < 4.78 is 7.51. The molecule has 0 fully saturated rings. The van der Waals surface area contributed by atoms with Gasteiger partial charge in [-0.05, 0) is 32.5 Å². The maximum atomic E-state index is 11.0. The van der Waals surface area contributed by atoms with Gasteiger partial charge >= 0.3 is 0 Å². The number of carbonyl (C=O) groups is 1. The molecule has 20 heavy (non-hydrogen) atoms. The summed E-state index contributed by atoms with van der Waals surface area (Å²) >= 11 is 0. The number of hydrogen-bond donors (Lipinski definition) is 1. The second-order valence-electron chi connectivity index (χ2n) is 4.63. The van der Waals surface area contributed by atoms with Crippen LogP contribution in [0.25, 0.3) is 10.9 Å². The summed E-state index contributed by atoms with van der Waals surface area (Å²) in [5.41, 5.74) is 6.23. The van der Waals surface area contributed by atoms with Crippen LogP contribution in [0.4, 0.5) is 0 Å². The van der Waals surface area contributed by atoms with Gasteiger partial charge in [-0.25, -0.2) is 0 Å². The van der Waals surface area contributed by atoms with E-state index >= 15 is 0 Å². The Hall–Kier alpha value is -1.81. The van der Waals surface area contributed by atoms with E-state index in [1.165, 1.54) is 7.05 Å². The third kappa shape index (κ3) is 3.20. The zero-order chi connectivity index (χ0) is 15.1. The van der Waals surface area contributed by atoms with E-state index in [0.29, 0.717) is 17.4 Å². The molecule has 2 N–H and O–H groups in total. The molecule has 1 unspecified atom stereocenters. The number of rotatable bonds is 5. The zero-order valence-corrected chi connectivity index (χ0v) is 12.7. The minimum Gasteiger partial charge on any atom is -0.496 e. The van der Waals surface area contributed by atoms with Gasteiger partial charge in [-0.15, -0.1) is 0 Å². The van der Waals surface area contributed by atoms with Crippen molar-refractivity contribution in [3.63, 3.8) is 0 Å². The zero-order valence-electron chi connectivity index (χ0n) is 12.7. The van der Waals surface area contributed by atoms with E-state index < -0.39 is 0 Å². The molecule has 0 radical (unpaired) electrons. The van der Waals surface area contributed by atoms with Gasteiger partial charge in [-0.1, -0.05) is 13.3 Å². The number of fused-ring (bicyclic) bond motifs is 1. The van der Waals surface area contributed by atoms with Crippen molar-refractivity contribution in [3.8, 4) is 5.75 Å². The Morgan fingerprint density at radius 2 is 2.10 bits per heavy atom. The molecule has 1 aromatic carbocycles. The number of hydrogen-bond acceptors (Lipinski definition) is 3. The monoisotopic (exact) mass is 276 g/mol. The first-order chi connectivity index (χ1) is 9.71. The van der Waals surface area contributed by atoms with E-state index in [9.17, 15) is 4.79 Å². The maximum Gasteiger partial charge on any atom is 0.153 e. The molecule has 0 saturated carbocycles. The van der Waals surface area contributed by atoms with E-state index in [-0.39, 0.29) is 0 Å². The van der Waals surface area contributed by atoms with Crippen LogP contribution in [0, 0.1) is 0 Å². The summed E-state index contributed by atoms with van der Waals surface area (Å²) in [5.74, 6) is 0.640. The molecule has 0 saturated heterocycles. The Balaban J connectivity index is 0.000000956. The number of carbonyl (C=O) groups excluding carboxylic acids is 1. The lowest BCUT2D eigenvalue weighted by Gasteiger charge is -2.15. The molecule has 1 heterocycles. The fraction of sp³-hybridized carbons (Fsp3) is 0.438. The smallest absolute Gasteiger partial charge is 0.153 e. The Labute approximate surface area is 120 Å². The van der Waals surface area contributed by atoms with Crippen LogP contribution in [0.5, 0.6) is 5.75 Å². The average molecular weight is 276 g/mol. The normalized spacial score (nSPS) is 11.7. The average Bonchev–Trinajstić information content (AvgIpc) is 2.90. The number of methoxy groups -OCH3 is 1. The van der Waals surface area contributed by atoms with Gasteiger partial charge in [0.05, 0.1) is 18.2 Å². The Bertz CT molecular complexity index is 561. The fourth-order valence-corrected chi connectivity index (χ4v) is 2.41. The van der Waals surface area contributed by atoms with Crippen molar-refractivity contribution in [2.24, 2.45) is 5.73 Å². The lowest BCUT2D eigenvalue weighted by molar-refractivity contribution is 0.112. The number of aromatic nitrogens is 1. The first-order valence-corrected chi connectivity index (χ1v) is 6.92. The predicted molar refractivity (Wildman–Crippen MR) is 83.6 cm³/mol. The topological polar surface area (TPSA) is 57.2 Å². The predicted octanol–water partition coefficient (Wildman–Crippen LogP) is 3.40. The second-order valence-corrected chi connectivity index (χ2v) is 4.63. The van der Waals surface area contributed by atoms with Crippen LogP contribution in [-0.2, 0) is 0 Å². The third-order valence-corrected chi connectivity index (χ3v) is 3.38. The summed E-state index contributed by atoms with van der Waals surface area (Å²) in [6.45, 7) is 4.40. The number of ether oxygens (including phenoxy) is 1. The molecule has 0 aliphatic heterocycles. The van der Waals surface area contributed by atoms with Crippen LogP contribution in [0.1, 0.15) is 43.1 Å². The van der Waals surface area contributed by atoms with Gasteiger partial charge in [0, 0.05) is 23.7 Å². The van der Waals surface area contributed by atoms with Gasteiger partial charge in [0.25, 0.3) is 0 Å². The molecule has 2 aromatic rings. The molecule has 4 heteroatoms. The highest BCUT2D eigenvalue weighted by Gasteiger charge is 2.11. The minimum absolute atomic E-state index is 0.458. The molecule has 4 nitrogen and oxygen atoms in total. The molecule has 110 valence electrons. The van der Waals surface area contributed by atoms with E-state index in [1.54, 1.807) is 7.11 Å². The summed E-state index contributed by atoms with van der Waals surface area (Å²) in [6.07, 6.45) is 5.22. The lowest BCUT2D eigenvalue weighted by atomic mass is 10.1. The Morgan fingerprint density at radius 1 is 1.40 bits per heavy atom. The fourth-order valence-electron chi connectivity index (χ4n) is 2.41. The molecule has 0 bridgehead atoms. The van der Waals surface area contributed by atoms with Crippen LogP contribution in [0.15, 0.2) is 24.4 Å². The SMILES string of the molecule is CCCC(C)n1ccc2cc(C=O)c(OC)cc21.CN. The largest absolute Gasteiger partial charge is 0.496 e. The first-order valence-electron chi connectivity index (χ1n) is 6.92. The highest BCUT2D eigenvalue weighted by molar-refractivity contribution is 5.91. The van der Waals surface area contributed by atoms with Gasteiger partial charge in [-0.2, -0.15) is 0 Å². The maximum absolute atomic E-state index is 11.0. The van der Waals surface area contributed by atoms with Gasteiger partial charge in [0.15, 0.2) is 6.29 Å². The quantitative estimate of drug-likeness (QED) is 0.851. The van der Waals surface area contributed by atoms with Gasteiger partial charge in [0.1, 0.15) is 5.75 Å². The molecule has 0 spiro atoms. The Kier molecular flexibility index (Phi) is 6.25. The molecular formula is C16H24N2O2. The lowest BCUT2D eigenvalue weighted by Crippen LogP contribution is -2.03. The van der Waals surface area contributed by atoms with Crippen LogP contribution in [-0.4, -0.2) is 25.0 Å². The summed E-state index contributed by atoms with van der Waals surface area (Å²) in [6, 6.07) is 6.34. The van der Waals surface area contributed by atoms with E-state index in [0.717, 1.165) is 30.0 Å². The highest BCUT2D eigenvalue weighted by Crippen LogP contribution is 2.28. The second kappa shape index (κ2) is 7.70. The van der Waals surface area contributed by atoms with Crippen LogP contribution in [0.3, 0.4) is 0 Å². The van der Waals surface area contributed by atoms with Crippen LogP contribution >= 0.6 is 0 Å². The molecule has 1 atom stereocenters. The van der Waals surface area contributed by atoms with Crippen molar-refractivity contribution in [2.75, 3.05) is 14.2 Å². The highest BCUT2D eigenvalue weighted by atomic mass is 16.5. The summed E-state index contributed by atoms with van der Waals surface area (Å²) in [5, 5.41) is 1.08. The first kappa shape index (κ1) is 16.2. The van der Waals surface area contributed by atoms with Crippen molar-refractivity contribution in [1.82, 2.24) is 4.57 Å². The van der Waals surface area contributed by atoms with Gasteiger partial charge in [-0.3, -0.25) is 4.79 Å². The number of aldehydes is 1. The van der Waals surface area contributed by atoms with Crippen molar-refractivity contribution < 1.29 is 9.53 Å². The molecule has 0 aliphatic rings. The molecular weight excluding hydrogens is 252 g/mol.